The van der Waals surface area contributed by atoms with Gasteiger partial charge in [-0.15, -0.1) is 0 Å². The summed E-state index contributed by atoms with van der Waals surface area (Å²) < 4.78 is 2.45. The van der Waals surface area contributed by atoms with Crippen molar-refractivity contribution in [2.75, 3.05) is 4.90 Å². The van der Waals surface area contributed by atoms with Crippen LogP contribution in [0.5, 0.6) is 0 Å². The van der Waals surface area contributed by atoms with E-state index in [2.05, 4.69) is 278 Å². The van der Waals surface area contributed by atoms with E-state index in [-0.39, 0.29) is 5.41 Å². The summed E-state index contributed by atoms with van der Waals surface area (Å²) in [5, 5.41) is 4.90. The number of rotatable bonds is 8. The zero-order valence-corrected chi connectivity index (χ0v) is 38.6. The van der Waals surface area contributed by atoms with Crippen LogP contribution in [-0.4, -0.2) is 4.57 Å². The highest BCUT2D eigenvalue weighted by molar-refractivity contribution is 6.11. The average Bonchev–Trinajstić information content (AvgIpc) is 3.86. The van der Waals surface area contributed by atoms with Crippen LogP contribution < -0.4 is 4.90 Å². The Balaban J connectivity index is 0.943. The van der Waals surface area contributed by atoms with E-state index in [9.17, 15) is 0 Å². The summed E-state index contributed by atoms with van der Waals surface area (Å²) in [4.78, 5) is 2.44. The van der Waals surface area contributed by atoms with E-state index in [1.54, 1.807) is 0 Å². The maximum absolute atomic E-state index is 2.45. The minimum absolute atomic E-state index is 0.123. The quantitative estimate of drug-likeness (QED) is 0.148. The van der Waals surface area contributed by atoms with E-state index in [0.717, 1.165) is 28.3 Å². The smallest absolute Gasteiger partial charge is 0.0541 e. The van der Waals surface area contributed by atoms with Gasteiger partial charge in [0.05, 0.1) is 11.0 Å². The van der Waals surface area contributed by atoms with Gasteiger partial charge in [0.2, 0.25) is 0 Å². The van der Waals surface area contributed by atoms with Crippen LogP contribution in [0.15, 0.2) is 255 Å². The van der Waals surface area contributed by atoms with E-state index < -0.39 is 0 Å². The van der Waals surface area contributed by atoms with E-state index in [0.29, 0.717) is 0 Å². The minimum atomic E-state index is -0.123. The first-order valence-electron chi connectivity index (χ1n) is 24.0. The van der Waals surface area contributed by atoms with E-state index >= 15 is 0 Å². The van der Waals surface area contributed by atoms with Gasteiger partial charge in [0.1, 0.15) is 0 Å². The third kappa shape index (κ3) is 6.87. The lowest BCUT2D eigenvalue weighted by molar-refractivity contribution is 0.660. The highest BCUT2D eigenvalue weighted by Gasteiger charge is 2.36. The molecular formula is C67H48N2. The number of hydrogen-bond donors (Lipinski definition) is 0. The van der Waals surface area contributed by atoms with Gasteiger partial charge >= 0.3 is 0 Å². The van der Waals surface area contributed by atoms with Crippen molar-refractivity contribution in [3.05, 3.63) is 266 Å². The molecule has 0 unspecified atom stereocenters. The molecule has 0 amide bonds. The molecule has 1 aliphatic carbocycles. The van der Waals surface area contributed by atoms with E-state index in [4.69, 9.17) is 0 Å². The van der Waals surface area contributed by atoms with Crippen molar-refractivity contribution in [2.45, 2.75) is 19.3 Å². The Bertz CT molecular complexity index is 3870. The van der Waals surface area contributed by atoms with E-state index in [1.165, 1.54) is 93.8 Å². The molecule has 0 radical (unpaired) electrons. The van der Waals surface area contributed by atoms with Crippen molar-refractivity contribution >= 4 is 49.6 Å². The fraction of sp³-hybridized carbons (Fsp3) is 0.0448. The van der Waals surface area contributed by atoms with Gasteiger partial charge in [-0.1, -0.05) is 196 Å². The van der Waals surface area contributed by atoms with Gasteiger partial charge in [-0.25, -0.2) is 0 Å². The molecule has 0 saturated carbocycles. The Labute approximate surface area is 403 Å². The Morgan fingerprint density at radius 1 is 0.304 bits per heavy atom. The van der Waals surface area contributed by atoms with Gasteiger partial charge in [-0.3, -0.25) is 0 Å². The number of fused-ring (bicyclic) bond motifs is 7. The van der Waals surface area contributed by atoms with Crippen LogP contribution in [0.25, 0.3) is 93.9 Å². The van der Waals surface area contributed by atoms with Crippen LogP contribution in [0.1, 0.15) is 25.0 Å². The first kappa shape index (κ1) is 40.5. The fourth-order valence-electron chi connectivity index (χ4n) is 11.1. The molecule has 0 atom stereocenters. The molecule has 0 aliphatic heterocycles. The lowest BCUT2D eigenvalue weighted by atomic mass is 9.82. The van der Waals surface area contributed by atoms with Gasteiger partial charge in [-0.05, 0) is 150 Å². The summed E-state index contributed by atoms with van der Waals surface area (Å²) in [6.07, 6.45) is 0. The minimum Gasteiger partial charge on any atom is -0.310 e. The molecule has 1 heterocycles. The maximum Gasteiger partial charge on any atom is 0.0541 e. The molecule has 0 bridgehead atoms. The molecule has 2 nitrogen and oxygen atoms in total. The van der Waals surface area contributed by atoms with Crippen molar-refractivity contribution in [3.8, 4) is 61.3 Å². The summed E-state index contributed by atoms with van der Waals surface area (Å²) >= 11 is 0. The lowest BCUT2D eigenvalue weighted by Gasteiger charge is -2.29. The molecule has 326 valence electrons. The topological polar surface area (TPSA) is 8.17 Å². The van der Waals surface area contributed by atoms with Crippen molar-refractivity contribution < 1.29 is 0 Å². The van der Waals surface area contributed by atoms with Gasteiger partial charge in [0, 0.05) is 38.9 Å². The van der Waals surface area contributed by atoms with Crippen LogP contribution in [0.2, 0.25) is 0 Å². The Morgan fingerprint density at radius 2 is 0.855 bits per heavy atom. The molecule has 1 aliphatic rings. The lowest BCUT2D eigenvalue weighted by Crippen LogP contribution is -2.16. The predicted octanol–water partition coefficient (Wildman–Crippen LogP) is 18.4. The van der Waals surface area contributed by atoms with Crippen LogP contribution in [-0.2, 0) is 5.41 Å². The second kappa shape index (κ2) is 16.3. The molecule has 0 saturated heterocycles. The Hall–Kier alpha value is -8.72. The van der Waals surface area contributed by atoms with Crippen molar-refractivity contribution in [1.29, 1.82) is 0 Å². The van der Waals surface area contributed by atoms with Crippen LogP contribution in [0.3, 0.4) is 0 Å². The molecule has 13 rings (SSSR count). The number of nitrogens with zero attached hydrogens (tertiary/aromatic N) is 2. The van der Waals surface area contributed by atoms with Gasteiger partial charge in [0.15, 0.2) is 0 Å². The maximum atomic E-state index is 2.45. The number of aromatic nitrogens is 1. The molecule has 2 heteroatoms. The number of anilines is 3. The molecule has 0 fully saturated rings. The summed E-state index contributed by atoms with van der Waals surface area (Å²) in [7, 11) is 0. The van der Waals surface area contributed by atoms with Crippen LogP contribution in [0.4, 0.5) is 17.1 Å². The number of hydrogen-bond acceptors (Lipinski definition) is 1. The standard InChI is InChI=1S/C67H48N2/c1-67(2)63-30-15-13-28-59(63)60-36-35-55(44-64(60)67)68(54-34-32-47-22-9-10-23-48(47)39-54)53-25-17-24-49(40-53)57-26-11-12-27-58(57)50-33-37-66-62(43-50)61-29-14-16-31-65(61)69(66)56-41-51(45-18-5-3-6-19-45)38-52(42-56)46-20-7-4-8-21-46/h3-44H,1-2H3. The summed E-state index contributed by atoms with van der Waals surface area (Å²) in [5.74, 6) is 0. The molecule has 69 heavy (non-hydrogen) atoms. The van der Waals surface area contributed by atoms with Crippen molar-refractivity contribution in [3.63, 3.8) is 0 Å². The first-order chi connectivity index (χ1) is 34.0. The van der Waals surface area contributed by atoms with Gasteiger partial charge < -0.3 is 9.47 Å². The third-order valence-corrected chi connectivity index (χ3v) is 14.5. The highest BCUT2D eigenvalue weighted by Crippen LogP contribution is 2.51. The van der Waals surface area contributed by atoms with Gasteiger partial charge in [0.25, 0.3) is 0 Å². The van der Waals surface area contributed by atoms with E-state index in [1.807, 2.05) is 0 Å². The summed E-state index contributed by atoms with van der Waals surface area (Å²) in [5.41, 5.74) is 21.6. The largest absolute Gasteiger partial charge is 0.310 e. The average molecular weight is 881 g/mol. The predicted molar refractivity (Wildman–Crippen MR) is 292 cm³/mol. The Kier molecular flexibility index (Phi) is 9.55. The second-order valence-electron chi connectivity index (χ2n) is 18.9. The zero-order valence-electron chi connectivity index (χ0n) is 38.6. The summed E-state index contributed by atoms with van der Waals surface area (Å²) in [6, 6.07) is 93.8. The zero-order chi connectivity index (χ0) is 46.1. The SMILES string of the molecule is CC1(C)c2ccccc2-c2ccc(N(c3cccc(-c4ccccc4-c4ccc5c(c4)c4ccccc4n5-c4cc(-c5ccccc5)cc(-c5ccccc5)c4)c3)c3ccc4ccccc4c3)cc21. The molecule has 1 aromatic heterocycles. The molecule has 0 spiro atoms. The van der Waals surface area contributed by atoms with Crippen molar-refractivity contribution in [1.82, 2.24) is 4.57 Å². The highest BCUT2D eigenvalue weighted by atomic mass is 15.1. The number of benzene rings is 11. The Morgan fingerprint density at radius 3 is 1.61 bits per heavy atom. The van der Waals surface area contributed by atoms with Crippen LogP contribution in [0, 0.1) is 0 Å². The second-order valence-corrected chi connectivity index (χ2v) is 18.9. The molecule has 12 aromatic rings. The fourth-order valence-corrected chi connectivity index (χ4v) is 11.1. The van der Waals surface area contributed by atoms with Crippen LogP contribution >= 0.6 is 0 Å². The monoisotopic (exact) mass is 880 g/mol. The number of para-hydroxylation sites is 1. The third-order valence-electron chi connectivity index (χ3n) is 14.5. The molecular weight excluding hydrogens is 833 g/mol. The first-order valence-corrected chi connectivity index (χ1v) is 24.0. The van der Waals surface area contributed by atoms with Crippen molar-refractivity contribution in [2.24, 2.45) is 0 Å². The normalized spacial score (nSPS) is 12.6. The molecule has 0 N–H and O–H groups in total. The van der Waals surface area contributed by atoms with Gasteiger partial charge in [-0.2, -0.15) is 0 Å². The summed E-state index contributed by atoms with van der Waals surface area (Å²) in [6.45, 7) is 4.72. The molecule has 11 aromatic carbocycles.